The highest BCUT2D eigenvalue weighted by Crippen LogP contribution is 2.28. The normalized spacial score (nSPS) is 12.6. The first kappa shape index (κ1) is 23.7. The lowest BCUT2D eigenvalue weighted by atomic mass is 10.2. The SMILES string of the molecule is NC=NC(=NCc1ccc(S(=O)(=O)c2cccc(OC(F)(F)F)c2)cc1)Nc1ccncc1. The van der Waals surface area contributed by atoms with Crippen molar-refractivity contribution in [3.8, 4) is 5.75 Å². The molecule has 2 aromatic carbocycles. The number of aliphatic imine (C=N–C) groups is 2. The molecule has 8 nitrogen and oxygen atoms in total. The number of benzene rings is 2. The van der Waals surface area contributed by atoms with E-state index in [4.69, 9.17) is 5.73 Å². The minimum absolute atomic E-state index is 0.0884. The van der Waals surface area contributed by atoms with Gasteiger partial charge in [0, 0.05) is 18.1 Å². The Hall–Kier alpha value is -3.93. The number of anilines is 1. The van der Waals surface area contributed by atoms with Gasteiger partial charge in [-0.3, -0.25) is 4.98 Å². The molecule has 0 radical (unpaired) electrons. The number of alkyl halides is 3. The lowest BCUT2D eigenvalue weighted by Crippen LogP contribution is -2.17. The zero-order valence-electron chi connectivity index (χ0n) is 16.9. The number of hydrogen-bond acceptors (Lipinski definition) is 5. The summed E-state index contributed by atoms with van der Waals surface area (Å²) in [5.74, 6) is -0.383. The van der Waals surface area contributed by atoms with E-state index in [1.54, 1.807) is 36.7 Å². The third kappa shape index (κ3) is 6.77. The number of pyridine rings is 1. The van der Waals surface area contributed by atoms with Gasteiger partial charge in [0.15, 0.2) is 0 Å². The van der Waals surface area contributed by atoms with Crippen LogP contribution in [0.25, 0.3) is 0 Å². The quantitative estimate of drug-likeness (QED) is 0.412. The second-order valence-corrected chi connectivity index (χ2v) is 8.40. The van der Waals surface area contributed by atoms with E-state index >= 15 is 0 Å². The largest absolute Gasteiger partial charge is 0.573 e. The molecule has 0 spiro atoms. The molecular weight excluding hydrogens is 459 g/mol. The van der Waals surface area contributed by atoms with Gasteiger partial charge in [-0.05, 0) is 48.0 Å². The molecule has 0 aliphatic carbocycles. The number of rotatable bonds is 6. The topological polar surface area (TPSA) is 119 Å². The van der Waals surface area contributed by atoms with E-state index in [0.717, 1.165) is 18.5 Å². The lowest BCUT2D eigenvalue weighted by Gasteiger charge is -2.11. The third-order valence-electron chi connectivity index (χ3n) is 4.13. The van der Waals surface area contributed by atoms with Gasteiger partial charge in [-0.25, -0.2) is 18.4 Å². The molecule has 1 aromatic heterocycles. The fourth-order valence-corrected chi connectivity index (χ4v) is 3.96. The Balaban J connectivity index is 1.76. The maximum absolute atomic E-state index is 12.8. The highest BCUT2D eigenvalue weighted by Gasteiger charge is 2.31. The van der Waals surface area contributed by atoms with Crippen LogP contribution < -0.4 is 15.8 Å². The summed E-state index contributed by atoms with van der Waals surface area (Å²) in [6, 6.07) is 13.4. The van der Waals surface area contributed by atoms with Crippen LogP contribution in [0.1, 0.15) is 5.56 Å². The van der Waals surface area contributed by atoms with Crippen molar-refractivity contribution in [1.29, 1.82) is 0 Å². The van der Waals surface area contributed by atoms with Crippen LogP contribution in [0.3, 0.4) is 0 Å². The molecule has 0 atom stereocenters. The fourth-order valence-electron chi connectivity index (χ4n) is 2.66. The molecule has 0 fully saturated rings. The molecule has 0 saturated heterocycles. The Labute approximate surface area is 187 Å². The van der Waals surface area contributed by atoms with E-state index in [-0.39, 0.29) is 22.3 Å². The van der Waals surface area contributed by atoms with Gasteiger partial charge in [-0.15, -0.1) is 13.2 Å². The minimum Gasteiger partial charge on any atom is -0.406 e. The average molecular weight is 477 g/mol. The number of hydrogen-bond donors (Lipinski definition) is 2. The summed E-state index contributed by atoms with van der Waals surface area (Å²) in [6.45, 7) is 0.167. The molecule has 1 heterocycles. The van der Waals surface area contributed by atoms with E-state index in [0.29, 0.717) is 11.3 Å². The fraction of sp³-hybridized carbons (Fsp3) is 0.0952. The number of sulfone groups is 1. The van der Waals surface area contributed by atoms with Gasteiger partial charge in [0.05, 0.1) is 22.7 Å². The summed E-state index contributed by atoms with van der Waals surface area (Å²) in [6.07, 6.45) is -0.657. The van der Waals surface area contributed by atoms with Crippen molar-refractivity contribution >= 4 is 27.8 Å². The molecular formula is C21H18F3N5O3S. The molecule has 0 amide bonds. The molecule has 172 valence electrons. The van der Waals surface area contributed by atoms with Crippen LogP contribution in [0.15, 0.2) is 92.8 Å². The summed E-state index contributed by atoms with van der Waals surface area (Å²) in [4.78, 5) is 11.8. The van der Waals surface area contributed by atoms with Crippen molar-refractivity contribution < 1.29 is 26.3 Å². The molecule has 0 aliphatic rings. The summed E-state index contributed by atoms with van der Waals surface area (Å²) in [5.41, 5.74) is 6.73. The van der Waals surface area contributed by atoms with E-state index in [1.807, 2.05) is 0 Å². The summed E-state index contributed by atoms with van der Waals surface area (Å²) in [7, 11) is -4.06. The maximum atomic E-state index is 12.8. The number of nitrogens with zero attached hydrogens (tertiary/aromatic N) is 3. The van der Waals surface area contributed by atoms with Crippen molar-refractivity contribution in [1.82, 2.24) is 4.98 Å². The van der Waals surface area contributed by atoms with E-state index in [2.05, 4.69) is 25.0 Å². The first-order valence-corrected chi connectivity index (χ1v) is 10.8. The van der Waals surface area contributed by atoms with E-state index in [1.165, 1.54) is 24.3 Å². The first-order chi connectivity index (χ1) is 15.7. The number of aromatic nitrogens is 1. The zero-order chi connectivity index (χ0) is 23.9. The summed E-state index contributed by atoms with van der Waals surface area (Å²) in [5, 5.41) is 2.97. The molecule has 3 aromatic rings. The molecule has 0 saturated carbocycles. The number of guanidine groups is 1. The Morgan fingerprint density at radius 2 is 1.76 bits per heavy atom. The van der Waals surface area contributed by atoms with Gasteiger partial charge in [0.25, 0.3) is 0 Å². The Bertz CT molecular complexity index is 1250. The van der Waals surface area contributed by atoms with Crippen molar-refractivity contribution in [2.24, 2.45) is 15.7 Å². The van der Waals surface area contributed by atoms with Crippen molar-refractivity contribution in [2.75, 3.05) is 5.32 Å². The van der Waals surface area contributed by atoms with Gasteiger partial charge in [-0.2, -0.15) is 0 Å². The second kappa shape index (κ2) is 10.1. The molecule has 12 heteroatoms. The zero-order valence-corrected chi connectivity index (χ0v) is 17.7. The Kier molecular flexibility index (Phi) is 7.28. The van der Waals surface area contributed by atoms with Gasteiger partial charge in [0.2, 0.25) is 15.8 Å². The Morgan fingerprint density at radius 3 is 2.39 bits per heavy atom. The standard InChI is InChI=1S/C21H18F3N5O3S/c22-21(23,24)32-17-2-1-3-19(12-17)33(30,31)18-6-4-15(5-7-18)13-27-20(28-14-25)29-16-8-10-26-11-9-16/h1-12,14H,13H2,(H3,25,26,27,28,29). The van der Waals surface area contributed by atoms with Crippen LogP contribution in [0.4, 0.5) is 18.9 Å². The highest BCUT2D eigenvalue weighted by atomic mass is 32.2. The smallest absolute Gasteiger partial charge is 0.406 e. The minimum atomic E-state index is -4.93. The molecule has 3 N–H and O–H groups in total. The molecule has 0 bridgehead atoms. The Morgan fingerprint density at radius 1 is 1.06 bits per heavy atom. The monoisotopic (exact) mass is 477 g/mol. The second-order valence-electron chi connectivity index (χ2n) is 6.45. The van der Waals surface area contributed by atoms with Crippen LogP contribution in [0, 0.1) is 0 Å². The van der Waals surface area contributed by atoms with Crippen LogP contribution in [-0.4, -0.2) is 32.1 Å². The van der Waals surface area contributed by atoms with Crippen molar-refractivity contribution in [3.63, 3.8) is 0 Å². The number of ether oxygens (including phenoxy) is 1. The molecule has 0 unspecified atom stereocenters. The lowest BCUT2D eigenvalue weighted by molar-refractivity contribution is -0.274. The number of nitrogens with two attached hydrogens (primary N) is 1. The van der Waals surface area contributed by atoms with Crippen LogP contribution in [0.5, 0.6) is 5.75 Å². The maximum Gasteiger partial charge on any atom is 0.573 e. The van der Waals surface area contributed by atoms with Gasteiger partial charge < -0.3 is 15.8 Å². The van der Waals surface area contributed by atoms with Crippen LogP contribution in [-0.2, 0) is 16.4 Å². The van der Waals surface area contributed by atoms with E-state index < -0.39 is 21.9 Å². The van der Waals surface area contributed by atoms with Crippen LogP contribution >= 0.6 is 0 Å². The van der Waals surface area contributed by atoms with Crippen molar-refractivity contribution in [3.05, 3.63) is 78.6 Å². The van der Waals surface area contributed by atoms with Gasteiger partial charge >= 0.3 is 6.36 Å². The molecule has 33 heavy (non-hydrogen) atoms. The highest BCUT2D eigenvalue weighted by molar-refractivity contribution is 7.91. The summed E-state index contributed by atoms with van der Waals surface area (Å²) >= 11 is 0. The predicted octanol–water partition coefficient (Wildman–Crippen LogP) is 3.77. The molecule has 0 aliphatic heterocycles. The number of halogens is 3. The predicted molar refractivity (Wildman–Crippen MR) is 117 cm³/mol. The summed E-state index contributed by atoms with van der Waals surface area (Å²) < 4.78 is 66.7. The number of nitrogens with one attached hydrogen (secondary N) is 1. The van der Waals surface area contributed by atoms with Crippen molar-refractivity contribution in [2.45, 2.75) is 22.7 Å². The first-order valence-electron chi connectivity index (χ1n) is 9.33. The van der Waals surface area contributed by atoms with Gasteiger partial charge in [-0.1, -0.05) is 18.2 Å². The van der Waals surface area contributed by atoms with E-state index in [9.17, 15) is 21.6 Å². The molecule has 3 rings (SSSR count). The third-order valence-corrected chi connectivity index (χ3v) is 5.90. The average Bonchev–Trinajstić information content (AvgIpc) is 2.78. The van der Waals surface area contributed by atoms with Gasteiger partial charge in [0.1, 0.15) is 5.75 Å². The van der Waals surface area contributed by atoms with Crippen LogP contribution in [0.2, 0.25) is 0 Å².